The number of aromatic amines is 1. The molecule has 0 unspecified atom stereocenters. The maximum absolute atomic E-state index is 12.0. The van der Waals surface area contributed by atoms with Crippen molar-refractivity contribution in [3.05, 3.63) is 42.0 Å². The number of fused-ring (bicyclic) bond motifs is 1. The van der Waals surface area contributed by atoms with Crippen LogP contribution in [0.15, 0.2) is 46.7 Å². The van der Waals surface area contributed by atoms with E-state index in [1.54, 1.807) is 19.2 Å². The number of hydrogen-bond donors (Lipinski definition) is 2. The normalized spacial score (nSPS) is 11.0. The molecule has 2 aromatic carbocycles. The molecule has 0 saturated carbocycles. The number of benzene rings is 2. The van der Waals surface area contributed by atoms with Gasteiger partial charge in [0.05, 0.1) is 44.3 Å². The Balaban J connectivity index is 1.60. The van der Waals surface area contributed by atoms with Gasteiger partial charge in [-0.05, 0) is 24.3 Å². The van der Waals surface area contributed by atoms with E-state index in [1.165, 1.54) is 32.2 Å². The number of aromatic nitrogens is 2. The first kappa shape index (κ1) is 19.6. The van der Waals surface area contributed by atoms with Gasteiger partial charge in [0.15, 0.2) is 16.7 Å². The van der Waals surface area contributed by atoms with Crippen molar-refractivity contribution in [1.29, 1.82) is 0 Å². The van der Waals surface area contributed by atoms with Gasteiger partial charge in [-0.3, -0.25) is 4.79 Å². The second kappa shape index (κ2) is 9.14. The lowest BCUT2D eigenvalue weighted by Crippen LogP contribution is -2.19. The summed E-state index contributed by atoms with van der Waals surface area (Å²) in [5.74, 6) is 1.40. The van der Waals surface area contributed by atoms with Crippen molar-refractivity contribution >= 4 is 34.9 Å². The maximum Gasteiger partial charge on any atom is 0.250 e. The van der Waals surface area contributed by atoms with Gasteiger partial charge in [0, 0.05) is 5.56 Å². The quantitative estimate of drug-likeness (QED) is 0.343. The number of carbonyl (C=O) groups is 1. The van der Waals surface area contributed by atoms with E-state index in [2.05, 4.69) is 20.5 Å². The molecule has 1 amide bonds. The molecular weight excluding hydrogens is 380 g/mol. The van der Waals surface area contributed by atoms with Crippen LogP contribution in [0.4, 0.5) is 0 Å². The van der Waals surface area contributed by atoms with Gasteiger partial charge in [0.25, 0.3) is 5.91 Å². The number of rotatable bonds is 8. The van der Waals surface area contributed by atoms with Crippen LogP contribution < -0.4 is 19.6 Å². The number of H-pyrrole nitrogens is 1. The SMILES string of the molecule is COc1ccc(/C=N/NC(=O)CSc2nc3ccccc3[nH]2)c(OC)c1OC. The number of methoxy groups -OCH3 is 3. The van der Waals surface area contributed by atoms with Crippen LogP contribution in [0.25, 0.3) is 11.0 Å². The molecule has 146 valence electrons. The minimum Gasteiger partial charge on any atom is -0.493 e. The molecule has 0 fully saturated rings. The number of hydrazone groups is 1. The van der Waals surface area contributed by atoms with Crippen LogP contribution in [0.1, 0.15) is 5.56 Å². The molecule has 28 heavy (non-hydrogen) atoms. The number of carbonyl (C=O) groups excluding carboxylic acids is 1. The third-order valence-corrected chi connectivity index (χ3v) is 4.71. The molecule has 0 radical (unpaired) electrons. The molecule has 1 aromatic heterocycles. The zero-order valence-electron chi connectivity index (χ0n) is 15.7. The molecule has 0 aliphatic heterocycles. The predicted molar refractivity (Wildman–Crippen MR) is 109 cm³/mol. The highest BCUT2D eigenvalue weighted by Crippen LogP contribution is 2.38. The van der Waals surface area contributed by atoms with Gasteiger partial charge >= 0.3 is 0 Å². The number of amides is 1. The molecule has 3 rings (SSSR count). The summed E-state index contributed by atoms with van der Waals surface area (Å²) in [6.45, 7) is 0. The van der Waals surface area contributed by atoms with Gasteiger partial charge in [0.1, 0.15) is 0 Å². The lowest BCUT2D eigenvalue weighted by atomic mass is 10.2. The van der Waals surface area contributed by atoms with Crippen molar-refractivity contribution in [3.63, 3.8) is 0 Å². The Hall–Kier alpha value is -3.20. The lowest BCUT2D eigenvalue weighted by molar-refractivity contribution is -0.118. The van der Waals surface area contributed by atoms with Crippen LogP contribution in [0.5, 0.6) is 17.2 Å². The fourth-order valence-electron chi connectivity index (χ4n) is 2.56. The van der Waals surface area contributed by atoms with Crippen molar-refractivity contribution in [1.82, 2.24) is 15.4 Å². The molecule has 0 spiro atoms. The fraction of sp³-hybridized carbons (Fsp3) is 0.211. The number of ether oxygens (including phenoxy) is 3. The molecule has 1 heterocycles. The minimum absolute atomic E-state index is 0.181. The summed E-state index contributed by atoms with van der Waals surface area (Å²) in [4.78, 5) is 19.6. The topological polar surface area (TPSA) is 97.8 Å². The number of nitrogens with zero attached hydrogens (tertiary/aromatic N) is 2. The van der Waals surface area contributed by atoms with Crippen molar-refractivity contribution in [2.75, 3.05) is 27.1 Å². The molecule has 0 saturated heterocycles. The van der Waals surface area contributed by atoms with E-state index in [0.29, 0.717) is 28.0 Å². The van der Waals surface area contributed by atoms with Crippen LogP contribution in [0.2, 0.25) is 0 Å². The molecule has 8 nitrogen and oxygen atoms in total. The van der Waals surface area contributed by atoms with E-state index in [9.17, 15) is 4.79 Å². The van der Waals surface area contributed by atoms with Crippen LogP contribution >= 0.6 is 11.8 Å². The molecule has 0 aliphatic rings. The monoisotopic (exact) mass is 400 g/mol. The average molecular weight is 400 g/mol. The second-order valence-corrected chi connectivity index (χ2v) is 6.53. The Bertz CT molecular complexity index is 970. The van der Waals surface area contributed by atoms with Gasteiger partial charge in [-0.25, -0.2) is 10.4 Å². The summed E-state index contributed by atoms with van der Waals surface area (Å²) in [5.41, 5.74) is 4.94. The third kappa shape index (κ3) is 4.37. The maximum atomic E-state index is 12.0. The minimum atomic E-state index is -0.249. The van der Waals surface area contributed by atoms with Gasteiger partial charge in [-0.2, -0.15) is 5.10 Å². The van der Waals surface area contributed by atoms with Crippen molar-refractivity contribution in [2.45, 2.75) is 5.16 Å². The van der Waals surface area contributed by atoms with E-state index in [0.717, 1.165) is 11.0 Å². The Morgan fingerprint density at radius 1 is 1.14 bits per heavy atom. The summed E-state index contributed by atoms with van der Waals surface area (Å²) < 4.78 is 15.9. The van der Waals surface area contributed by atoms with Crippen molar-refractivity contribution < 1.29 is 19.0 Å². The molecule has 2 N–H and O–H groups in total. The molecule has 0 atom stereocenters. The highest BCUT2D eigenvalue weighted by molar-refractivity contribution is 7.99. The summed E-state index contributed by atoms with van der Waals surface area (Å²) in [7, 11) is 4.60. The standard InChI is InChI=1S/C19H20N4O4S/c1-25-15-9-8-12(17(26-2)18(15)27-3)10-20-23-16(24)11-28-19-21-13-6-4-5-7-14(13)22-19/h4-10H,11H2,1-3H3,(H,21,22)(H,23,24)/b20-10+. The van der Waals surface area contributed by atoms with Crippen molar-refractivity contribution in [3.8, 4) is 17.2 Å². The summed E-state index contributed by atoms with van der Waals surface area (Å²) in [5, 5.41) is 4.67. The number of thioether (sulfide) groups is 1. The predicted octanol–water partition coefficient (Wildman–Crippen LogP) is 2.83. The van der Waals surface area contributed by atoms with E-state index in [1.807, 2.05) is 24.3 Å². The molecule has 0 aliphatic carbocycles. The first-order valence-corrected chi connectivity index (χ1v) is 9.33. The molecule has 9 heteroatoms. The lowest BCUT2D eigenvalue weighted by Gasteiger charge is -2.13. The zero-order chi connectivity index (χ0) is 19.9. The van der Waals surface area contributed by atoms with Gasteiger partial charge < -0.3 is 19.2 Å². The number of para-hydroxylation sites is 2. The van der Waals surface area contributed by atoms with Crippen LogP contribution in [0, 0.1) is 0 Å². The van der Waals surface area contributed by atoms with E-state index >= 15 is 0 Å². The highest BCUT2D eigenvalue weighted by atomic mass is 32.2. The molecule has 3 aromatic rings. The van der Waals surface area contributed by atoms with Crippen LogP contribution in [-0.4, -0.2) is 49.2 Å². The van der Waals surface area contributed by atoms with E-state index in [4.69, 9.17) is 14.2 Å². The van der Waals surface area contributed by atoms with Gasteiger partial charge in [-0.15, -0.1) is 0 Å². The van der Waals surface area contributed by atoms with Crippen molar-refractivity contribution in [2.24, 2.45) is 5.10 Å². The third-order valence-electron chi connectivity index (χ3n) is 3.84. The fourth-order valence-corrected chi connectivity index (χ4v) is 3.24. The van der Waals surface area contributed by atoms with Crippen LogP contribution in [-0.2, 0) is 4.79 Å². The van der Waals surface area contributed by atoms with Gasteiger partial charge in [0.2, 0.25) is 5.75 Å². The average Bonchev–Trinajstić information content (AvgIpc) is 3.14. The zero-order valence-corrected chi connectivity index (χ0v) is 16.5. The Morgan fingerprint density at radius 2 is 1.93 bits per heavy atom. The second-order valence-electron chi connectivity index (χ2n) is 5.56. The Morgan fingerprint density at radius 3 is 2.64 bits per heavy atom. The van der Waals surface area contributed by atoms with E-state index in [-0.39, 0.29) is 11.7 Å². The Labute approximate surface area is 166 Å². The first-order chi connectivity index (χ1) is 13.7. The first-order valence-electron chi connectivity index (χ1n) is 8.34. The number of nitrogens with one attached hydrogen (secondary N) is 2. The van der Waals surface area contributed by atoms with Gasteiger partial charge in [-0.1, -0.05) is 23.9 Å². The number of hydrogen-bond acceptors (Lipinski definition) is 7. The number of imidazole rings is 1. The summed E-state index contributed by atoms with van der Waals surface area (Å²) in [6, 6.07) is 11.2. The Kier molecular flexibility index (Phi) is 6.38. The smallest absolute Gasteiger partial charge is 0.250 e. The van der Waals surface area contributed by atoms with E-state index < -0.39 is 0 Å². The largest absolute Gasteiger partial charge is 0.493 e. The summed E-state index contributed by atoms with van der Waals surface area (Å²) >= 11 is 1.31. The molecular formula is C19H20N4O4S. The summed E-state index contributed by atoms with van der Waals surface area (Å²) in [6.07, 6.45) is 1.49. The van der Waals surface area contributed by atoms with Crippen LogP contribution in [0.3, 0.4) is 0 Å². The highest BCUT2D eigenvalue weighted by Gasteiger charge is 2.14. The molecule has 0 bridgehead atoms.